The standard InChI is InChI=1S/C10H14N4O6S/c15-8-5(1-3-11-8)12-10(17)13-4-2-6-7(13)9(16)14(6)21(18,19)20/h5-7H,1-4H2,(H,11,15)(H,12,17)(H,18,19,20)/p-1/t5-,6+,7-/m0/s1. The van der Waals surface area contributed by atoms with Crippen LogP contribution in [0.5, 0.6) is 0 Å². The van der Waals surface area contributed by atoms with Crippen molar-refractivity contribution in [2.75, 3.05) is 13.1 Å². The molecule has 2 N–H and O–H groups in total. The molecule has 0 unspecified atom stereocenters. The van der Waals surface area contributed by atoms with Gasteiger partial charge in [-0.1, -0.05) is 0 Å². The van der Waals surface area contributed by atoms with E-state index in [-0.39, 0.29) is 23.2 Å². The third kappa shape index (κ3) is 2.12. The maximum absolute atomic E-state index is 12.1. The largest absolute Gasteiger partial charge is 0.731 e. The van der Waals surface area contributed by atoms with Crippen LogP contribution in [0.1, 0.15) is 12.8 Å². The van der Waals surface area contributed by atoms with Crippen LogP contribution in [0.4, 0.5) is 4.79 Å². The number of nitrogens with zero attached hydrogens (tertiary/aromatic N) is 2. The van der Waals surface area contributed by atoms with Gasteiger partial charge in [-0.05, 0) is 12.8 Å². The van der Waals surface area contributed by atoms with E-state index in [0.29, 0.717) is 13.0 Å². The third-order valence-electron chi connectivity index (χ3n) is 3.99. The lowest BCUT2D eigenvalue weighted by Gasteiger charge is -2.45. The number of fused-ring (bicyclic) bond motifs is 1. The Morgan fingerprint density at radius 3 is 2.62 bits per heavy atom. The maximum Gasteiger partial charge on any atom is 0.318 e. The lowest BCUT2D eigenvalue weighted by Crippen LogP contribution is -2.69. The molecule has 0 aromatic heterocycles. The molecule has 0 saturated carbocycles. The van der Waals surface area contributed by atoms with E-state index >= 15 is 0 Å². The highest BCUT2D eigenvalue weighted by atomic mass is 32.2. The highest BCUT2D eigenvalue weighted by Crippen LogP contribution is 2.35. The van der Waals surface area contributed by atoms with Crippen LogP contribution < -0.4 is 10.6 Å². The molecule has 4 amide bonds. The minimum atomic E-state index is -4.84. The van der Waals surface area contributed by atoms with Gasteiger partial charge >= 0.3 is 6.03 Å². The number of β-lactam (4-membered cyclic amide) rings is 1. The normalized spacial score (nSPS) is 31.8. The van der Waals surface area contributed by atoms with Gasteiger partial charge in [0.15, 0.2) is 10.3 Å². The van der Waals surface area contributed by atoms with E-state index in [1.165, 1.54) is 4.90 Å². The molecule has 3 atom stereocenters. The first-order chi connectivity index (χ1) is 9.80. The van der Waals surface area contributed by atoms with E-state index < -0.39 is 40.4 Å². The van der Waals surface area contributed by atoms with Crippen molar-refractivity contribution in [3.05, 3.63) is 0 Å². The zero-order valence-electron chi connectivity index (χ0n) is 10.8. The Bertz CT molecular complexity index is 619. The molecule has 116 valence electrons. The van der Waals surface area contributed by atoms with Crippen molar-refractivity contribution in [3.8, 4) is 0 Å². The average Bonchev–Trinajstić information content (AvgIpc) is 2.92. The number of likely N-dealkylation sites (tertiary alicyclic amines) is 1. The van der Waals surface area contributed by atoms with Crippen LogP contribution in [0.2, 0.25) is 0 Å². The monoisotopic (exact) mass is 317 g/mol. The first kappa shape index (κ1) is 14.1. The van der Waals surface area contributed by atoms with E-state index in [4.69, 9.17) is 0 Å². The quantitative estimate of drug-likeness (QED) is 0.420. The van der Waals surface area contributed by atoms with Crippen molar-refractivity contribution >= 4 is 28.1 Å². The molecule has 3 heterocycles. The van der Waals surface area contributed by atoms with Crippen LogP contribution in [0.15, 0.2) is 0 Å². The fourth-order valence-electron chi connectivity index (χ4n) is 3.00. The topological polar surface area (TPSA) is 139 Å². The SMILES string of the molecule is O=C1NCC[C@@H]1NC(=O)N1CC[C@@H]2[C@H]1C(=O)N2S(=O)(=O)[O-]. The smallest absolute Gasteiger partial charge is 0.318 e. The van der Waals surface area contributed by atoms with Crippen LogP contribution in [0.3, 0.4) is 0 Å². The summed E-state index contributed by atoms with van der Waals surface area (Å²) in [7, 11) is -4.84. The Balaban J connectivity index is 1.68. The summed E-state index contributed by atoms with van der Waals surface area (Å²) >= 11 is 0. The molecule has 0 spiro atoms. The van der Waals surface area contributed by atoms with Crippen LogP contribution in [0.25, 0.3) is 0 Å². The Hall–Kier alpha value is -1.88. The van der Waals surface area contributed by atoms with Gasteiger partial charge in [0.25, 0.3) is 5.91 Å². The minimum Gasteiger partial charge on any atom is -0.731 e. The van der Waals surface area contributed by atoms with Crippen LogP contribution in [-0.4, -0.2) is 71.2 Å². The van der Waals surface area contributed by atoms with Crippen LogP contribution in [0, 0.1) is 0 Å². The summed E-state index contributed by atoms with van der Waals surface area (Å²) in [5.41, 5.74) is 0. The molecule has 0 aromatic rings. The zero-order valence-corrected chi connectivity index (χ0v) is 11.6. The van der Waals surface area contributed by atoms with Crippen molar-refractivity contribution in [1.82, 2.24) is 19.8 Å². The summed E-state index contributed by atoms with van der Waals surface area (Å²) in [6, 6.07) is -2.96. The number of hydrogen-bond donors (Lipinski definition) is 2. The molecule has 21 heavy (non-hydrogen) atoms. The Labute approximate surface area is 120 Å². The van der Waals surface area contributed by atoms with Crippen LogP contribution >= 0.6 is 0 Å². The van der Waals surface area contributed by atoms with Crippen molar-refractivity contribution in [2.24, 2.45) is 0 Å². The number of hydrogen-bond acceptors (Lipinski definition) is 6. The summed E-state index contributed by atoms with van der Waals surface area (Å²) in [4.78, 5) is 36.4. The molecule has 3 saturated heterocycles. The lowest BCUT2D eigenvalue weighted by atomic mass is 10.0. The van der Waals surface area contributed by atoms with Gasteiger partial charge in [-0.25, -0.2) is 17.5 Å². The summed E-state index contributed by atoms with van der Waals surface area (Å²) in [5, 5.41) is 5.07. The third-order valence-corrected chi connectivity index (χ3v) is 4.92. The molecule has 3 rings (SSSR count). The predicted octanol–water partition coefficient (Wildman–Crippen LogP) is -2.67. The van der Waals surface area contributed by atoms with Crippen molar-refractivity contribution in [2.45, 2.75) is 31.0 Å². The molecule has 11 heteroatoms. The molecular formula is C10H13N4O6S-. The van der Waals surface area contributed by atoms with Gasteiger partial charge in [0.1, 0.15) is 12.1 Å². The summed E-state index contributed by atoms with van der Waals surface area (Å²) in [6.45, 7) is 0.629. The fraction of sp³-hybridized carbons (Fsp3) is 0.700. The van der Waals surface area contributed by atoms with Gasteiger partial charge in [-0.3, -0.25) is 9.59 Å². The second-order valence-electron chi connectivity index (χ2n) is 5.17. The van der Waals surface area contributed by atoms with Gasteiger partial charge in [0.05, 0.1) is 6.04 Å². The van der Waals surface area contributed by atoms with E-state index in [0.717, 1.165) is 0 Å². The zero-order chi connectivity index (χ0) is 15.4. The summed E-state index contributed by atoms with van der Waals surface area (Å²) in [5.74, 6) is -1.18. The number of nitrogens with one attached hydrogen (secondary N) is 2. The fourth-order valence-corrected chi connectivity index (χ4v) is 3.88. The van der Waals surface area contributed by atoms with Gasteiger partial charge in [0.2, 0.25) is 5.91 Å². The molecule has 0 aliphatic carbocycles. The molecule has 3 aliphatic rings. The second kappa shape index (κ2) is 4.56. The molecule has 10 nitrogen and oxygen atoms in total. The number of urea groups is 1. The van der Waals surface area contributed by atoms with E-state index in [1.54, 1.807) is 0 Å². The van der Waals surface area contributed by atoms with Crippen molar-refractivity contribution in [3.63, 3.8) is 0 Å². The van der Waals surface area contributed by atoms with Gasteiger partial charge in [-0.2, -0.15) is 0 Å². The lowest BCUT2D eigenvalue weighted by molar-refractivity contribution is -0.143. The highest BCUT2D eigenvalue weighted by Gasteiger charge is 2.58. The predicted molar refractivity (Wildman–Crippen MR) is 65.4 cm³/mol. The first-order valence-electron chi connectivity index (χ1n) is 6.44. The number of amides is 4. The minimum absolute atomic E-state index is 0.160. The van der Waals surface area contributed by atoms with Gasteiger partial charge in [0, 0.05) is 13.1 Å². The Kier molecular flexibility index (Phi) is 3.06. The van der Waals surface area contributed by atoms with Gasteiger partial charge < -0.3 is 20.1 Å². The Morgan fingerprint density at radius 2 is 2.05 bits per heavy atom. The number of carbonyl (C=O) groups is 3. The van der Waals surface area contributed by atoms with E-state index in [9.17, 15) is 27.4 Å². The molecule has 0 bridgehead atoms. The van der Waals surface area contributed by atoms with E-state index in [2.05, 4.69) is 10.6 Å². The van der Waals surface area contributed by atoms with Crippen molar-refractivity contribution in [1.29, 1.82) is 0 Å². The maximum atomic E-state index is 12.1. The summed E-state index contributed by atoms with van der Waals surface area (Å²) in [6.07, 6.45) is 0.684. The second-order valence-corrected chi connectivity index (χ2v) is 6.42. The molecular weight excluding hydrogens is 304 g/mol. The molecule has 0 aromatic carbocycles. The Morgan fingerprint density at radius 1 is 1.33 bits per heavy atom. The first-order valence-corrected chi connectivity index (χ1v) is 7.81. The summed E-state index contributed by atoms with van der Waals surface area (Å²) < 4.78 is 33.1. The van der Waals surface area contributed by atoms with Crippen LogP contribution in [-0.2, 0) is 19.9 Å². The average molecular weight is 317 g/mol. The van der Waals surface area contributed by atoms with Crippen molar-refractivity contribution < 1.29 is 27.4 Å². The molecule has 0 radical (unpaired) electrons. The highest BCUT2D eigenvalue weighted by molar-refractivity contribution is 7.84. The van der Waals surface area contributed by atoms with Gasteiger partial charge in [-0.15, -0.1) is 0 Å². The molecule has 3 aliphatic heterocycles. The van der Waals surface area contributed by atoms with E-state index in [1.807, 2.05) is 0 Å². The number of carbonyl (C=O) groups excluding carboxylic acids is 3. The molecule has 3 fully saturated rings. The number of rotatable bonds is 2.